The van der Waals surface area contributed by atoms with E-state index >= 15 is 0 Å². The molecule has 0 saturated carbocycles. The molecule has 0 aliphatic heterocycles. The van der Waals surface area contributed by atoms with Gasteiger partial charge in [0, 0.05) is 20.3 Å². The van der Waals surface area contributed by atoms with Crippen LogP contribution in [0.4, 0.5) is 5.82 Å². The second-order valence-corrected chi connectivity index (χ2v) is 4.49. The minimum Gasteiger partial charge on any atom is -0.463 e. The van der Waals surface area contributed by atoms with Crippen LogP contribution in [0.3, 0.4) is 0 Å². The van der Waals surface area contributed by atoms with Crippen LogP contribution in [-0.2, 0) is 18.8 Å². The lowest BCUT2D eigenvalue weighted by Gasteiger charge is -2.07. The summed E-state index contributed by atoms with van der Waals surface area (Å²) in [5.74, 6) is -0.261. The van der Waals surface area contributed by atoms with E-state index in [-0.39, 0.29) is 11.7 Å². The van der Waals surface area contributed by atoms with E-state index in [1.165, 1.54) is 17.9 Å². The number of rotatable bonds is 3. The maximum absolute atomic E-state index is 12.2. The Labute approximate surface area is 116 Å². The molecule has 0 atom stereocenters. The smallest absolute Gasteiger partial charge is 0.374 e. The third-order valence-corrected chi connectivity index (χ3v) is 2.97. The number of carbonyl (C=O) groups excluding carboxylic acids is 2. The van der Waals surface area contributed by atoms with Gasteiger partial charge in [0.05, 0.1) is 13.3 Å². The van der Waals surface area contributed by atoms with Crippen LogP contribution in [-0.4, -0.2) is 33.1 Å². The summed E-state index contributed by atoms with van der Waals surface area (Å²) >= 11 is 0. The number of hydrogen-bond donors (Lipinski definition) is 1. The van der Waals surface area contributed by atoms with E-state index < -0.39 is 5.97 Å². The molecule has 106 valence electrons. The van der Waals surface area contributed by atoms with E-state index in [0.717, 1.165) is 5.56 Å². The number of hydrogen-bond acceptors (Lipinski definition) is 4. The van der Waals surface area contributed by atoms with E-state index in [9.17, 15) is 9.59 Å². The zero-order valence-electron chi connectivity index (χ0n) is 11.8. The molecule has 0 fully saturated rings. The van der Waals surface area contributed by atoms with Gasteiger partial charge >= 0.3 is 5.97 Å². The Morgan fingerprint density at radius 1 is 1.35 bits per heavy atom. The molecule has 20 heavy (non-hydrogen) atoms. The SMILES string of the molecule is COC(=O)c1ncc(NC(=O)c2cc(C)cn2C)n1C. The van der Waals surface area contributed by atoms with Crippen LogP contribution >= 0.6 is 0 Å². The zero-order chi connectivity index (χ0) is 14.9. The Balaban J connectivity index is 2.23. The molecular weight excluding hydrogens is 260 g/mol. The van der Waals surface area contributed by atoms with Gasteiger partial charge in [0.25, 0.3) is 5.91 Å². The second kappa shape index (κ2) is 5.20. The van der Waals surface area contributed by atoms with Crippen LogP contribution in [0.15, 0.2) is 18.5 Å². The second-order valence-electron chi connectivity index (χ2n) is 4.49. The monoisotopic (exact) mass is 276 g/mol. The normalized spacial score (nSPS) is 10.4. The maximum Gasteiger partial charge on any atom is 0.374 e. The highest BCUT2D eigenvalue weighted by Gasteiger charge is 2.17. The molecule has 0 bridgehead atoms. The van der Waals surface area contributed by atoms with Gasteiger partial charge in [-0.1, -0.05) is 0 Å². The number of ether oxygens (including phenoxy) is 1. The summed E-state index contributed by atoms with van der Waals surface area (Å²) in [5, 5.41) is 2.71. The van der Waals surface area contributed by atoms with Gasteiger partial charge in [-0.25, -0.2) is 9.78 Å². The van der Waals surface area contributed by atoms with Gasteiger partial charge in [-0.3, -0.25) is 4.79 Å². The third-order valence-electron chi connectivity index (χ3n) is 2.97. The maximum atomic E-state index is 12.2. The summed E-state index contributed by atoms with van der Waals surface area (Å²) < 4.78 is 7.81. The van der Waals surface area contributed by atoms with Crippen LogP contribution in [0.2, 0.25) is 0 Å². The first kappa shape index (κ1) is 13.9. The fourth-order valence-corrected chi connectivity index (χ4v) is 1.94. The lowest BCUT2D eigenvalue weighted by Crippen LogP contribution is -2.18. The highest BCUT2D eigenvalue weighted by Crippen LogP contribution is 2.13. The summed E-state index contributed by atoms with van der Waals surface area (Å²) in [4.78, 5) is 27.5. The standard InChI is InChI=1S/C13H16N4O3/c1-8-5-9(16(2)7-8)12(18)15-10-6-14-11(17(10)3)13(19)20-4/h5-7H,1-4H3,(H,15,18). The van der Waals surface area contributed by atoms with Crippen molar-refractivity contribution in [1.29, 1.82) is 0 Å². The van der Waals surface area contributed by atoms with E-state index in [2.05, 4.69) is 15.0 Å². The molecule has 0 aromatic carbocycles. The molecule has 7 heteroatoms. The number of anilines is 1. The van der Waals surface area contributed by atoms with Crippen molar-refractivity contribution >= 4 is 17.7 Å². The van der Waals surface area contributed by atoms with Crippen molar-refractivity contribution in [3.05, 3.63) is 35.5 Å². The Bertz CT molecular complexity index is 669. The van der Waals surface area contributed by atoms with E-state index in [1.807, 2.05) is 13.1 Å². The Morgan fingerprint density at radius 3 is 2.60 bits per heavy atom. The highest BCUT2D eigenvalue weighted by atomic mass is 16.5. The van der Waals surface area contributed by atoms with E-state index in [0.29, 0.717) is 11.5 Å². The molecule has 2 aromatic heterocycles. The molecular formula is C13H16N4O3. The van der Waals surface area contributed by atoms with E-state index in [1.54, 1.807) is 24.7 Å². The first-order valence-electron chi connectivity index (χ1n) is 5.98. The summed E-state index contributed by atoms with van der Waals surface area (Å²) in [7, 11) is 4.71. The number of nitrogens with zero attached hydrogens (tertiary/aromatic N) is 3. The van der Waals surface area contributed by atoms with Gasteiger partial charge in [0.2, 0.25) is 5.82 Å². The summed E-state index contributed by atoms with van der Waals surface area (Å²) in [6, 6.07) is 1.78. The fourth-order valence-electron chi connectivity index (χ4n) is 1.94. The lowest BCUT2D eigenvalue weighted by atomic mass is 10.3. The first-order chi connectivity index (χ1) is 9.43. The number of aromatic nitrogens is 3. The van der Waals surface area contributed by atoms with Crippen molar-refractivity contribution in [3.63, 3.8) is 0 Å². The third kappa shape index (κ3) is 2.42. The molecule has 1 N–H and O–H groups in total. The number of carbonyl (C=O) groups is 2. The van der Waals surface area contributed by atoms with Crippen molar-refractivity contribution in [2.45, 2.75) is 6.92 Å². The van der Waals surface area contributed by atoms with Gasteiger partial charge in [-0.05, 0) is 18.6 Å². The summed E-state index contributed by atoms with van der Waals surface area (Å²) in [6.07, 6.45) is 3.28. The number of imidazole rings is 1. The van der Waals surface area contributed by atoms with Crippen LogP contribution in [0.25, 0.3) is 0 Å². The van der Waals surface area contributed by atoms with Crippen LogP contribution in [0, 0.1) is 6.92 Å². The number of amides is 1. The quantitative estimate of drug-likeness (QED) is 0.852. The van der Waals surface area contributed by atoms with Gasteiger partial charge < -0.3 is 19.2 Å². The average molecular weight is 276 g/mol. The predicted octanol–water partition coefficient (Wildman–Crippen LogP) is 1.11. The molecule has 2 rings (SSSR count). The molecule has 0 aliphatic rings. The number of nitrogens with one attached hydrogen (secondary N) is 1. The highest BCUT2D eigenvalue weighted by molar-refractivity contribution is 6.03. The number of esters is 1. The Hall–Kier alpha value is -2.57. The molecule has 7 nitrogen and oxygen atoms in total. The Kier molecular flexibility index (Phi) is 3.60. The molecule has 0 spiro atoms. The first-order valence-corrected chi connectivity index (χ1v) is 5.98. The molecule has 0 unspecified atom stereocenters. The number of aryl methyl sites for hydroxylation is 2. The molecule has 0 saturated heterocycles. The Morgan fingerprint density at radius 2 is 2.05 bits per heavy atom. The van der Waals surface area contributed by atoms with Crippen molar-refractivity contribution in [1.82, 2.24) is 14.1 Å². The van der Waals surface area contributed by atoms with Crippen molar-refractivity contribution in [2.75, 3.05) is 12.4 Å². The fraction of sp³-hybridized carbons (Fsp3) is 0.308. The minimum absolute atomic E-state index is 0.130. The van der Waals surface area contributed by atoms with Crippen molar-refractivity contribution < 1.29 is 14.3 Å². The topological polar surface area (TPSA) is 78.2 Å². The summed E-state index contributed by atoms with van der Waals surface area (Å²) in [6.45, 7) is 1.91. The van der Waals surface area contributed by atoms with Crippen molar-refractivity contribution in [3.8, 4) is 0 Å². The van der Waals surface area contributed by atoms with Gasteiger partial charge in [-0.15, -0.1) is 0 Å². The molecule has 2 aromatic rings. The average Bonchev–Trinajstić information content (AvgIpc) is 2.92. The predicted molar refractivity (Wildman–Crippen MR) is 72.7 cm³/mol. The zero-order valence-corrected chi connectivity index (χ0v) is 11.8. The lowest BCUT2D eigenvalue weighted by molar-refractivity contribution is 0.0582. The molecule has 2 heterocycles. The van der Waals surface area contributed by atoms with Crippen molar-refractivity contribution in [2.24, 2.45) is 14.1 Å². The molecule has 1 amide bonds. The molecule has 0 radical (unpaired) electrons. The van der Waals surface area contributed by atoms with Crippen LogP contribution in [0.5, 0.6) is 0 Å². The van der Waals surface area contributed by atoms with Gasteiger partial charge in [0.15, 0.2) is 0 Å². The van der Waals surface area contributed by atoms with E-state index in [4.69, 9.17) is 0 Å². The minimum atomic E-state index is -0.553. The molecule has 0 aliphatic carbocycles. The van der Waals surface area contributed by atoms with Crippen LogP contribution < -0.4 is 5.32 Å². The van der Waals surface area contributed by atoms with Gasteiger partial charge in [-0.2, -0.15) is 0 Å². The summed E-state index contributed by atoms with van der Waals surface area (Å²) in [5.41, 5.74) is 1.53. The van der Waals surface area contributed by atoms with Gasteiger partial charge in [0.1, 0.15) is 11.5 Å². The largest absolute Gasteiger partial charge is 0.463 e. The number of methoxy groups -OCH3 is 1. The van der Waals surface area contributed by atoms with Crippen LogP contribution in [0.1, 0.15) is 26.7 Å².